The topological polar surface area (TPSA) is 17.8 Å². The molecule has 1 saturated carbocycles. The van der Waals surface area contributed by atoms with Gasteiger partial charge in [0.1, 0.15) is 0 Å². The van der Waals surface area contributed by atoms with Crippen molar-refractivity contribution in [2.75, 3.05) is 5.88 Å². The fourth-order valence-electron chi connectivity index (χ4n) is 2.43. The summed E-state index contributed by atoms with van der Waals surface area (Å²) in [6, 6.07) is 2.20. The molecule has 1 fully saturated rings. The van der Waals surface area contributed by atoms with Crippen molar-refractivity contribution in [1.29, 1.82) is 0 Å². The van der Waals surface area contributed by atoms with E-state index >= 15 is 0 Å². The molecule has 15 heavy (non-hydrogen) atoms. The number of rotatable bonds is 4. The van der Waals surface area contributed by atoms with Gasteiger partial charge in [0.2, 0.25) is 0 Å². The predicted molar refractivity (Wildman–Crippen MR) is 63.3 cm³/mol. The monoisotopic (exact) mass is 226 g/mol. The third-order valence-corrected chi connectivity index (χ3v) is 4.11. The van der Waals surface area contributed by atoms with Gasteiger partial charge in [-0.25, -0.2) is 0 Å². The average Bonchev–Trinajstić information content (AvgIpc) is 2.52. The second-order valence-corrected chi connectivity index (χ2v) is 5.02. The van der Waals surface area contributed by atoms with Gasteiger partial charge in [0, 0.05) is 18.1 Å². The summed E-state index contributed by atoms with van der Waals surface area (Å²) in [5.41, 5.74) is 2.85. The summed E-state index contributed by atoms with van der Waals surface area (Å²) in [5, 5.41) is 4.48. The van der Waals surface area contributed by atoms with Crippen LogP contribution in [0.25, 0.3) is 0 Å². The molecule has 0 bridgehead atoms. The van der Waals surface area contributed by atoms with Crippen molar-refractivity contribution in [1.82, 2.24) is 9.78 Å². The van der Waals surface area contributed by atoms with Crippen LogP contribution in [-0.4, -0.2) is 15.7 Å². The van der Waals surface area contributed by atoms with Gasteiger partial charge in [0.05, 0.1) is 5.69 Å². The van der Waals surface area contributed by atoms with Crippen molar-refractivity contribution < 1.29 is 0 Å². The summed E-state index contributed by atoms with van der Waals surface area (Å²) in [4.78, 5) is 0. The Morgan fingerprint density at radius 2 is 2.27 bits per heavy atom. The van der Waals surface area contributed by atoms with Crippen LogP contribution in [0.3, 0.4) is 0 Å². The summed E-state index contributed by atoms with van der Waals surface area (Å²) < 4.78 is 2.11. The van der Waals surface area contributed by atoms with E-state index < -0.39 is 0 Å². The van der Waals surface area contributed by atoms with Crippen LogP contribution >= 0.6 is 11.6 Å². The van der Waals surface area contributed by atoms with Gasteiger partial charge in [-0.05, 0) is 44.6 Å². The molecule has 0 aliphatic heterocycles. The van der Waals surface area contributed by atoms with Crippen LogP contribution < -0.4 is 0 Å². The standard InChI is InChI=1S/C12H19ClN2/c1-3-15-11(7-10(2)14-15)8-12(9-13)5-4-6-12/h7H,3-6,8-9H2,1-2H3. The van der Waals surface area contributed by atoms with Gasteiger partial charge in [0.25, 0.3) is 0 Å². The number of hydrogen-bond donors (Lipinski definition) is 0. The molecule has 0 amide bonds. The van der Waals surface area contributed by atoms with E-state index in [1.807, 2.05) is 0 Å². The number of nitrogens with zero attached hydrogens (tertiary/aromatic N) is 2. The molecule has 0 unspecified atom stereocenters. The smallest absolute Gasteiger partial charge is 0.0596 e. The van der Waals surface area contributed by atoms with Gasteiger partial charge in [-0.1, -0.05) is 6.42 Å². The largest absolute Gasteiger partial charge is 0.270 e. The summed E-state index contributed by atoms with van der Waals surface area (Å²) in [6.45, 7) is 5.16. The maximum Gasteiger partial charge on any atom is 0.0596 e. The molecule has 1 aliphatic carbocycles. The number of halogens is 1. The summed E-state index contributed by atoms with van der Waals surface area (Å²) >= 11 is 6.08. The second kappa shape index (κ2) is 4.17. The Kier molecular flexibility index (Phi) is 3.06. The highest BCUT2D eigenvalue weighted by Crippen LogP contribution is 2.44. The van der Waals surface area contributed by atoms with Crippen LogP contribution in [0.2, 0.25) is 0 Å². The summed E-state index contributed by atoms with van der Waals surface area (Å²) in [5.74, 6) is 0.793. The molecule has 0 aromatic carbocycles. The highest BCUT2D eigenvalue weighted by Gasteiger charge is 2.36. The quantitative estimate of drug-likeness (QED) is 0.722. The van der Waals surface area contributed by atoms with E-state index in [4.69, 9.17) is 11.6 Å². The minimum absolute atomic E-state index is 0.376. The molecule has 1 aliphatic rings. The first kappa shape index (κ1) is 11.0. The SMILES string of the molecule is CCn1nc(C)cc1CC1(CCl)CCC1. The van der Waals surface area contributed by atoms with Crippen LogP contribution in [0.5, 0.6) is 0 Å². The molecule has 0 radical (unpaired) electrons. The Morgan fingerprint density at radius 3 is 2.73 bits per heavy atom. The first-order chi connectivity index (χ1) is 7.19. The van der Waals surface area contributed by atoms with Crippen molar-refractivity contribution in [2.24, 2.45) is 5.41 Å². The molecule has 0 spiro atoms. The molecule has 3 heteroatoms. The molecule has 1 aromatic rings. The number of alkyl halides is 1. The van der Waals surface area contributed by atoms with E-state index in [1.54, 1.807) is 0 Å². The molecule has 1 heterocycles. The minimum atomic E-state index is 0.376. The van der Waals surface area contributed by atoms with E-state index in [2.05, 4.69) is 29.7 Å². The lowest BCUT2D eigenvalue weighted by Crippen LogP contribution is -2.34. The lowest BCUT2D eigenvalue weighted by Gasteiger charge is -2.40. The van der Waals surface area contributed by atoms with E-state index in [1.165, 1.54) is 25.0 Å². The lowest BCUT2D eigenvalue weighted by molar-refractivity contribution is 0.162. The Labute approximate surface area is 96.6 Å². The fourth-order valence-corrected chi connectivity index (χ4v) is 2.80. The minimum Gasteiger partial charge on any atom is -0.270 e. The molecule has 2 rings (SSSR count). The second-order valence-electron chi connectivity index (χ2n) is 4.76. The van der Waals surface area contributed by atoms with E-state index in [0.29, 0.717) is 5.41 Å². The Bertz CT molecular complexity index is 334. The number of aryl methyl sites for hydroxylation is 2. The van der Waals surface area contributed by atoms with Gasteiger partial charge in [-0.3, -0.25) is 4.68 Å². The van der Waals surface area contributed by atoms with Crippen molar-refractivity contribution in [3.63, 3.8) is 0 Å². The fraction of sp³-hybridized carbons (Fsp3) is 0.750. The van der Waals surface area contributed by atoms with Gasteiger partial charge in [0.15, 0.2) is 0 Å². The van der Waals surface area contributed by atoms with Crippen LogP contribution in [0.1, 0.15) is 37.6 Å². The average molecular weight is 227 g/mol. The Balaban J connectivity index is 2.15. The first-order valence-corrected chi connectivity index (χ1v) is 6.32. The maximum atomic E-state index is 6.08. The maximum absolute atomic E-state index is 6.08. The zero-order valence-corrected chi connectivity index (χ0v) is 10.3. The van der Waals surface area contributed by atoms with E-state index in [0.717, 1.165) is 24.5 Å². The highest BCUT2D eigenvalue weighted by atomic mass is 35.5. The first-order valence-electron chi connectivity index (χ1n) is 5.78. The van der Waals surface area contributed by atoms with E-state index in [-0.39, 0.29) is 0 Å². The van der Waals surface area contributed by atoms with Crippen LogP contribution in [-0.2, 0) is 13.0 Å². The summed E-state index contributed by atoms with van der Waals surface area (Å²) in [7, 11) is 0. The van der Waals surface area contributed by atoms with Crippen LogP contribution in [0.4, 0.5) is 0 Å². The molecule has 0 atom stereocenters. The molecule has 1 aromatic heterocycles. The third kappa shape index (κ3) is 2.05. The normalized spacial score (nSPS) is 18.9. The van der Waals surface area contributed by atoms with Crippen molar-refractivity contribution in [3.8, 4) is 0 Å². The van der Waals surface area contributed by atoms with Crippen LogP contribution in [0, 0.1) is 12.3 Å². The molecule has 0 saturated heterocycles. The van der Waals surface area contributed by atoms with Crippen molar-refractivity contribution in [2.45, 2.75) is 46.1 Å². The zero-order valence-electron chi connectivity index (χ0n) is 9.59. The molecule has 2 nitrogen and oxygen atoms in total. The Hall–Kier alpha value is -0.500. The van der Waals surface area contributed by atoms with Crippen LogP contribution in [0.15, 0.2) is 6.07 Å². The molecule has 84 valence electrons. The van der Waals surface area contributed by atoms with Gasteiger partial charge in [-0.2, -0.15) is 5.10 Å². The molecule has 0 N–H and O–H groups in total. The third-order valence-electron chi connectivity index (χ3n) is 3.54. The number of hydrogen-bond acceptors (Lipinski definition) is 1. The van der Waals surface area contributed by atoms with Crippen molar-refractivity contribution in [3.05, 3.63) is 17.5 Å². The van der Waals surface area contributed by atoms with Gasteiger partial charge in [-0.15, -0.1) is 11.6 Å². The van der Waals surface area contributed by atoms with Gasteiger partial charge < -0.3 is 0 Å². The van der Waals surface area contributed by atoms with Crippen molar-refractivity contribution >= 4 is 11.6 Å². The zero-order chi connectivity index (χ0) is 10.9. The molecular weight excluding hydrogens is 208 g/mol. The lowest BCUT2D eigenvalue weighted by atomic mass is 9.67. The summed E-state index contributed by atoms with van der Waals surface area (Å²) in [6.07, 6.45) is 5.01. The van der Waals surface area contributed by atoms with Gasteiger partial charge >= 0.3 is 0 Å². The predicted octanol–water partition coefficient (Wildman–Crippen LogP) is 3.16. The highest BCUT2D eigenvalue weighted by molar-refractivity contribution is 6.18. The molecular formula is C12H19ClN2. The van der Waals surface area contributed by atoms with E-state index in [9.17, 15) is 0 Å². The number of aromatic nitrogens is 2. The Morgan fingerprint density at radius 1 is 1.53 bits per heavy atom.